The van der Waals surface area contributed by atoms with Gasteiger partial charge in [0.2, 0.25) is 5.91 Å². The molecule has 1 atom stereocenters. The molecule has 2 heterocycles. The van der Waals surface area contributed by atoms with Gasteiger partial charge in [-0.15, -0.1) is 11.3 Å². The molecule has 0 saturated carbocycles. The largest absolute Gasteiger partial charge is 0.356 e. The first kappa shape index (κ1) is 14.5. The maximum Gasteiger partial charge on any atom is 0.227 e. The van der Waals surface area contributed by atoms with E-state index < -0.39 is 0 Å². The number of piperidine rings is 1. The van der Waals surface area contributed by atoms with Gasteiger partial charge in [0.1, 0.15) is 0 Å². The Hall–Kier alpha value is -0.870. The molecule has 1 aromatic heterocycles. The van der Waals surface area contributed by atoms with E-state index in [4.69, 9.17) is 0 Å². The van der Waals surface area contributed by atoms with Gasteiger partial charge < -0.3 is 5.32 Å². The second kappa shape index (κ2) is 6.53. The van der Waals surface area contributed by atoms with E-state index in [-0.39, 0.29) is 11.3 Å². The third kappa shape index (κ3) is 3.80. The fraction of sp³-hybridized carbons (Fsp3) is 0.667. The normalized spacial score (nSPS) is 24.3. The van der Waals surface area contributed by atoms with Gasteiger partial charge in [-0.05, 0) is 44.2 Å². The highest BCUT2D eigenvalue weighted by Gasteiger charge is 2.37. The zero-order valence-electron chi connectivity index (χ0n) is 11.9. The molecule has 1 saturated heterocycles. The molecule has 1 unspecified atom stereocenters. The molecule has 0 bridgehead atoms. The zero-order valence-corrected chi connectivity index (χ0v) is 12.8. The lowest BCUT2D eigenvalue weighted by atomic mass is 9.81. The van der Waals surface area contributed by atoms with E-state index in [1.165, 1.54) is 4.88 Å². The maximum absolute atomic E-state index is 12.3. The Morgan fingerprint density at radius 1 is 1.58 bits per heavy atom. The van der Waals surface area contributed by atoms with Crippen molar-refractivity contribution < 1.29 is 4.79 Å². The van der Waals surface area contributed by atoms with Crippen LogP contribution in [0.2, 0.25) is 0 Å². The Kier molecular flexibility index (Phi) is 4.99. The number of likely N-dealkylation sites (tertiary alicyclic amines) is 1. The van der Waals surface area contributed by atoms with Crippen LogP contribution in [0.25, 0.3) is 0 Å². The molecule has 0 aliphatic carbocycles. The van der Waals surface area contributed by atoms with E-state index in [9.17, 15) is 4.79 Å². The van der Waals surface area contributed by atoms with Crippen LogP contribution in [0.1, 0.15) is 38.0 Å². The summed E-state index contributed by atoms with van der Waals surface area (Å²) in [5.74, 6) is 0.227. The predicted octanol–water partition coefficient (Wildman–Crippen LogP) is 2.88. The highest BCUT2D eigenvalue weighted by molar-refractivity contribution is 7.09. The lowest BCUT2D eigenvalue weighted by molar-refractivity contribution is -0.133. The van der Waals surface area contributed by atoms with Crippen LogP contribution in [0.5, 0.6) is 0 Å². The van der Waals surface area contributed by atoms with Crippen molar-refractivity contribution in [3.05, 3.63) is 22.4 Å². The second-order valence-corrected chi connectivity index (χ2v) is 6.74. The van der Waals surface area contributed by atoms with E-state index in [1.807, 2.05) is 0 Å². The molecule has 1 aliphatic rings. The summed E-state index contributed by atoms with van der Waals surface area (Å²) in [5, 5.41) is 5.18. The predicted molar refractivity (Wildman–Crippen MR) is 80.2 cm³/mol. The first-order valence-electron chi connectivity index (χ1n) is 7.17. The van der Waals surface area contributed by atoms with E-state index in [1.54, 1.807) is 11.3 Å². The van der Waals surface area contributed by atoms with E-state index in [0.717, 1.165) is 45.4 Å². The van der Waals surface area contributed by atoms with Crippen LogP contribution in [0, 0.1) is 5.41 Å². The van der Waals surface area contributed by atoms with E-state index in [2.05, 4.69) is 41.6 Å². The van der Waals surface area contributed by atoms with Gasteiger partial charge in [-0.25, -0.2) is 0 Å². The van der Waals surface area contributed by atoms with Crippen LogP contribution in [0.15, 0.2) is 17.5 Å². The van der Waals surface area contributed by atoms with Crippen LogP contribution in [-0.4, -0.2) is 30.4 Å². The van der Waals surface area contributed by atoms with Gasteiger partial charge in [0.15, 0.2) is 0 Å². The number of rotatable bonds is 5. The minimum atomic E-state index is -0.218. The molecule has 0 spiro atoms. The molecule has 1 fully saturated rings. The van der Waals surface area contributed by atoms with Gasteiger partial charge in [0, 0.05) is 24.5 Å². The molecular formula is C15H24N2OS. The number of nitrogens with one attached hydrogen (secondary N) is 1. The fourth-order valence-electron chi connectivity index (χ4n) is 2.74. The summed E-state index contributed by atoms with van der Waals surface area (Å²) in [6, 6.07) is 4.27. The molecule has 1 amide bonds. The number of carbonyl (C=O) groups is 1. The average molecular weight is 280 g/mol. The Morgan fingerprint density at radius 3 is 3.11 bits per heavy atom. The Morgan fingerprint density at radius 2 is 2.42 bits per heavy atom. The molecule has 2 rings (SSSR count). The summed E-state index contributed by atoms with van der Waals surface area (Å²) in [6.07, 6.45) is 3.12. The molecule has 4 heteroatoms. The van der Waals surface area contributed by atoms with Gasteiger partial charge >= 0.3 is 0 Å². The topological polar surface area (TPSA) is 32.3 Å². The van der Waals surface area contributed by atoms with E-state index in [0.29, 0.717) is 0 Å². The van der Waals surface area contributed by atoms with Crippen molar-refractivity contribution in [2.75, 3.05) is 19.6 Å². The van der Waals surface area contributed by atoms with Crippen molar-refractivity contribution in [1.82, 2.24) is 10.2 Å². The third-order valence-corrected chi connectivity index (χ3v) is 4.68. The number of amides is 1. The minimum absolute atomic E-state index is 0.218. The molecule has 0 radical (unpaired) electrons. The van der Waals surface area contributed by atoms with Gasteiger partial charge in [-0.1, -0.05) is 13.0 Å². The molecule has 1 aromatic rings. The smallest absolute Gasteiger partial charge is 0.227 e. The fourth-order valence-corrected chi connectivity index (χ4v) is 3.49. The zero-order chi connectivity index (χ0) is 13.7. The van der Waals surface area contributed by atoms with Crippen LogP contribution in [0.4, 0.5) is 0 Å². The van der Waals surface area contributed by atoms with Crippen molar-refractivity contribution in [2.24, 2.45) is 5.41 Å². The SMILES string of the molecule is CCCNC(=O)C1(C)CCCN(Cc2cccs2)C1. The quantitative estimate of drug-likeness (QED) is 0.899. The number of hydrogen-bond acceptors (Lipinski definition) is 3. The molecular weight excluding hydrogens is 256 g/mol. The first-order chi connectivity index (χ1) is 9.14. The van der Waals surface area contributed by atoms with Crippen molar-refractivity contribution in [1.29, 1.82) is 0 Å². The van der Waals surface area contributed by atoms with Gasteiger partial charge in [-0.2, -0.15) is 0 Å². The molecule has 19 heavy (non-hydrogen) atoms. The first-order valence-corrected chi connectivity index (χ1v) is 8.05. The van der Waals surface area contributed by atoms with Crippen LogP contribution >= 0.6 is 11.3 Å². The van der Waals surface area contributed by atoms with Crippen molar-refractivity contribution in [3.63, 3.8) is 0 Å². The Bertz CT molecular complexity index is 404. The number of nitrogens with zero attached hydrogens (tertiary/aromatic N) is 1. The molecule has 0 aromatic carbocycles. The maximum atomic E-state index is 12.3. The van der Waals surface area contributed by atoms with E-state index >= 15 is 0 Å². The monoisotopic (exact) mass is 280 g/mol. The summed E-state index contributed by atoms with van der Waals surface area (Å²) >= 11 is 1.80. The summed E-state index contributed by atoms with van der Waals surface area (Å²) in [4.78, 5) is 16.1. The highest BCUT2D eigenvalue weighted by Crippen LogP contribution is 2.30. The standard InChI is InChI=1S/C15H24N2OS/c1-3-8-16-14(18)15(2)7-5-9-17(12-15)11-13-6-4-10-19-13/h4,6,10H,3,5,7-9,11-12H2,1-2H3,(H,16,18). The van der Waals surface area contributed by atoms with Crippen molar-refractivity contribution >= 4 is 17.2 Å². The summed E-state index contributed by atoms with van der Waals surface area (Å²) in [7, 11) is 0. The number of hydrogen-bond donors (Lipinski definition) is 1. The van der Waals surface area contributed by atoms with Gasteiger partial charge in [0.25, 0.3) is 0 Å². The highest BCUT2D eigenvalue weighted by atomic mass is 32.1. The lowest BCUT2D eigenvalue weighted by Crippen LogP contribution is -2.50. The number of thiophene rings is 1. The van der Waals surface area contributed by atoms with Crippen LogP contribution in [-0.2, 0) is 11.3 Å². The Labute approximate surface area is 120 Å². The van der Waals surface area contributed by atoms with Crippen LogP contribution < -0.4 is 5.32 Å². The third-order valence-electron chi connectivity index (χ3n) is 3.82. The second-order valence-electron chi connectivity index (χ2n) is 5.71. The lowest BCUT2D eigenvalue weighted by Gasteiger charge is -2.39. The van der Waals surface area contributed by atoms with Gasteiger partial charge in [-0.3, -0.25) is 9.69 Å². The van der Waals surface area contributed by atoms with Crippen molar-refractivity contribution in [2.45, 2.75) is 39.7 Å². The molecule has 106 valence electrons. The van der Waals surface area contributed by atoms with Gasteiger partial charge in [0.05, 0.1) is 5.41 Å². The Balaban J connectivity index is 1.93. The summed E-state index contributed by atoms with van der Waals surface area (Å²) < 4.78 is 0. The molecule has 1 aliphatic heterocycles. The molecule has 3 nitrogen and oxygen atoms in total. The summed E-state index contributed by atoms with van der Waals surface area (Å²) in [6.45, 7) is 7.95. The minimum Gasteiger partial charge on any atom is -0.356 e. The number of carbonyl (C=O) groups excluding carboxylic acids is 1. The van der Waals surface area contributed by atoms with Crippen molar-refractivity contribution in [3.8, 4) is 0 Å². The molecule has 1 N–H and O–H groups in total. The average Bonchev–Trinajstić information content (AvgIpc) is 2.88. The van der Waals surface area contributed by atoms with Crippen LogP contribution in [0.3, 0.4) is 0 Å². The summed E-state index contributed by atoms with van der Waals surface area (Å²) in [5.41, 5.74) is -0.218.